The highest BCUT2D eigenvalue weighted by Gasteiger charge is 2.00. The summed E-state index contributed by atoms with van der Waals surface area (Å²) in [6.45, 7) is 8.76. The van der Waals surface area contributed by atoms with E-state index in [0.717, 1.165) is 5.57 Å². The third kappa shape index (κ3) is 6.43. The van der Waals surface area contributed by atoms with Gasteiger partial charge in [-0.1, -0.05) is 30.9 Å². The average molecular weight is 208 g/mol. The van der Waals surface area contributed by atoms with Gasteiger partial charge in [0, 0.05) is 12.0 Å². The van der Waals surface area contributed by atoms with Crippen LogP contribution in [0.5, 0.6) is 0 Å². The molecule has 0 atom stereocenters. The molecule has 0 aliphatic carbocycles. The number of hydrogen-bond acceptors (Lipinski definition) is 3. The second kappa shape index (κ2) is 6.76. The lowest BCUT2D eigenvalue weighted by Gasteiger charge is -1.99. The van der Waals surface area contributed by atoms with E-state index in [4.69, 9.17) is 0 Å². The number of ether oxygens (including phenoxy) is 1. The molecule has 15 heavy (non-hydrogen) atoms. The molecule has 3 heteroatoms. The lowest BCUT2D eigenvalue weighted by molar-refractivity contribution is -0.140. The molecule has 0 fully saturated rings. The van der Waals surface area contributed by atoms with Crippen LogP contribution in [-0.4, -0.2) is 18.9 Å². The number of carbonyl (C=O) groups excluding carboxylic acids is 2. The monoisotopic (exact) mass is 208 g/mol. The number of allylic oxidation sites excluding steroid dienone is 4. The Morgan fingerprint density at radius 3 is 2.27 bits per heavy atom. The van der Waals surface area contributed by atoms with Crippen molar-refractivity contribution in [3.8, 4) is 0 Å². The Kier molecular flexibility index (Phi) is 6.02. The van der Waals surface area contributed by atoms with Crippen molar-refractivity contribution < 1.29 is 14.3 Å². The summed E-state index contributed by atoms with van der Waals surface area (Å²) >= 11 is 0. The van der Waals surface area contributed by atoms with Crippen molar-refractivity contribution in [1.82, 2.24) is 0 Å². The van der Waals surface area contributed by atoms with E-state index >= 15 is 0 Å². The maximum atomic E-state index is 10.8. The summed E-state index contributed by atoms with van der Waals surface area (Å²) in [7, 11) is 1.35. The van der Waals surface area contributed by atoms with E-state index in [1.807, 2.05) is 0 Å². The highest BCUT2D eigenvalue weighted by Crippen LogP contribution is 2.06. The lowest BCUT2D eigenvalue weighted by Crippen LogP contribution is -1.99. The largest absolute Gasteiger partial charge is 0.469 e. The van der Waals surface area contributed by atoms with Crippen LogP contribution < -0.4 is 0 Å². The van der Waals surface area contributed by atoms with Gasteiger partial charge < -0.3 is 4.74 Å². The minimum Gasteiger partial charge on any atom is -0.469 e. The molecule has 0 aliphatic rings. The minimum absolute atomic E-state index is 0.0768. The van der Waals surface area contributed by atoms with Gasteiger partial charge in [0.25, 0.3) is 0 Å². The Hall–Kier alpha value is -1.64. The van der Waals surface area contributed by atoms with Crippen LogP contribution >= 0.6 is 0 Å². The van der Waals surface area contributed by atoms with Crippen molar-refractivity contribution in [2.75, 3.05) is 7.11 Å². The van der Waals surface area contributed by atoms with Gasteiger partial charge >= 0.3 is 5.97 Å². The number of methoxy groups -OCH3 is 1. The van der Waals surface area contributed by atoms with Crippen LogP contribution in [0.1, 0.15) is 19.8 Å². The predicted molar refractivity (Wildman–Crippen MR) is 59.4 cm³/mol. The fourth-order valence-electron chi connectivity index (χ4n) is 0.784. The standard InChI is InChI=1S/C12H16O3/c1-9(6-8-12(14)15-4)5-7-10(2)11(3)13/h5,7H,1-2,6,8H2,3-4H3/b7-5-. The van der Waals surface area contributed by atoms with Gasteiger partial charge in [-0.05, 0) is 13.3 Å². The fraction of sp³-hybridized carbons (Fsp3) is 0.333. The first-order valence-electron chi connectivity index (χ1n) is 4.60. The topological polar surface area (TPSA) is 43.4 Å². The zero-order valence-corrected chi connectivity index (χ0v) is 9.21. The predicted octanol–water partition coefficient (Wildman–Crippen LogP) is 2.20. The van der Waals surface area contributed by atoms with Crippen LogP contribution in [0, 0.1) is 0 Å². The molecule has 0 unspecified atom stereocenters. The normalized spacial score (nSPS) is 10.0. The van der Waals surface area contributed by atoms with Crippen LogP contribution in [0.15, 0.2) is 36.5 Å². The van der Waals surface area contributed by atoms with Crippen molar-refractivity contribution in [3.63, 3.8) is 0 Å². The zero-order chi connectivity index (χ0) is 11.8. The average Bonchev–Trinajstić information content (AvgIpc) is 2.21. The second-order valence-corrected chi connectivity index (χ2v) is 3.15. The van der Waals surface area contributed by atoms with E-state index in [-0.39, 0.29) is 11.8 Å². The summed E-state index contributed by atoms with van der Waals surface area (Å²) in [4.78, 5) is 21.6. The molecule has 0 N–H and O–H groups in total. The molecule has 0 aromatic carbocycles. The molecule has 0 spiro atoms. The molecule has 0 aliphatic heterocycles. The molecule has 0 aromatic rings. The van der Waals surface area contributed by atoms with Crippen LogP contribution in [-0.2, 0) is 14.3 Å². The van der Waals surface area contributed by atoms with Gasteiger partial charge in [-0.3, -0.25) is 9.59 Å². The molecule has 0 amide bonds. The van der Waals surface area contributed by atoms with Crippen molar-refractivity contribution in [2.24, 2.45) is 0 Å². The minimum atomic E-state index is -0.269. The third-order valence-electron chi connectivity index (χ3n) is 1.85. The number of hydrogen-bond donors (Lipinski definition) is 0. The maximum Gasteiger partial charge on any atom is 0.305 e. The summed E-state index contributed by atoms with van der Waals surface area (Å²) in [5, 5.41) is 0. The Morgan fingerprint density at radius 2 is 1.80 bits per heavy atom. The Bertz CT molecular complexity index is 311. The third-order valence-corrected chi connectivity index (χ3v) is 1.85. The number of esters is 1. The van der Waals surface area contributed by atoms with E-state index in [1.54, 1.807) is 12.2 Å². The maximum absolute atomic E-state index is 10.8. The number of ketones is 1. The van der Waals surface area contributed by atoms with Gasteiger partial charge in [0.1, 0.15) is 0 Å². The summed E-state index contributed by atoms with van der Waals surface area (Å²) in [6.07, 6.45) is 4.11. The smallest absolute Gasteiger partial charge is 0.305 e. The van der Waals surface area contributed by atoms with Gasteiger partial charge in [0.15, 0.2) is 5.78 Å². The molecular weight excluding hydrogens is 192 g/mol. The van der Waals surface area contributed by atoms with Crippen molar-refractivity contribution in [2.45, 2.75) is 19.8 Å². The van der Waals surface area contributed by atoms with E-state index < -0.39 is 0 Å². The highest BCUT2D eigenvalue weighted by atomic mass is 16.5. The molecule has 0 bridgehead atoms. The summed E-state index contributed by atoms with van der Waals surface area (Å²) in [5.41, 5.74) is 1.19. The van der Waals surface area contributed by atoms with Crippen LogP contribution in [0.25, 0.3) is 0 Å². The van der Waals surface area contributed by atoms with Crippen molar-refractivity contribution in [3.05, 3.63) is 36.5 Å². The van der Waals surface area contributed by atoms with E-state index in [9.17, 15) is 9.59 Å². The molecule has 82 valence electrons. The molecular formula is C12H16O3. The van der Waals surface area contributed by atoms with Gasteiger partial charge in [-0.25, -0.2) is 0 Å². The molecule has 0 heterocycles. The molecule has 0 saturated heterocycles. The van der Waals surface area contributed by atoms with E-state index in [0.29, 0.717) is 18.4 Å². The lowest BCUT2D eigenvalue weighted by atomic mass is 10.1. The van der Waals surface area contributed by atoms with Crippen LogP contribution in [0.3, 0.4) is 0 Å². The summed E-state index contributed by atoms with van der Waals surface area (Å²) in [5.74, 6) is -0.345. The molecule has 0 rings (SSSR count). The molecule has 0 radical (unpaired) electrons. The number of carbonyl (C=O) groups is 2. The van der Waals surface area contributed by atoms with Gasteiger partial charge in [0.05, 0.1) is 7.11 Å². The van der Waals surface area contributed by atoms with Gasteiger partial charge in [0.2, 0.25) is 0 Å². The van der Waals surface area contributed by atoms with Crippen molar-refractivity contribution in [1.29, 1.82) is 0 Å². The van der Waals surface area contributed by atoms with Crippen molar-refractivity contribution >= 4 is 11.8 Å². The number of rotatable bonds is 6. The first kappa shape index (κ1) is 13.4. The van der Waals surface area contributed by atoms with Crippen LogP contribution in [0.2, 0.25) is 0 Å². The molecule has 0 aromatic heterocycles. The Balaban J connectivity index is 3.99. The quantitative estimate of drug-likeness (QED) is 0.382. The highest BCUT2D eigenvalue weighted by molar-refractivity contribution is 5.95. The van der Waals surface area contributed by atoms with Gasteiger partial charge in [-0.15, -0.1) is 0 Å². The van der Waals surface area contributed by atoms with E-state index in [2.05, 4.69) is 17.9 Å². The Morgan fingerprint density at radius 1 is 1.20 bits per heavy atom. The molecule has 3 nitrogen and oxygen atoms in total. The number of Topliss-reactive ketones (excluding diaryl/α,β-unsaturated/α-hetero) is 1. The zero-order valence-electron chi connectivity index (χ0n) is 9.21. The summed E-state index contributed by atoms with van der Waals surface area (Å²) < 4.78 is 4.49. The first-order chi connectivity index (χ1) is 6.97. The first-order valence-corrected chi connectivity index (χ1v) is 4.60. The molecule has 0 saturated carbocycles. The SMILES string of the molecule is C=C(/C=C\C(=C)C(C)=O)CCC(=O)OC. The fourth-order valence-corrected chi connectivity index (χ4v) is 0.784. The summed E-state index contributed by atoms with van der Waals surface area (Å²) in [6, 6.07) is 0. The Labute approximate surface area is 90.1 Å². The van der Waals surface area contributed by atoms with Crippen LogP contribution in [0.4, 0.5) is 0 Å². The second-order valence-electron chi connectivity index (χ2n) is 3.15. The van der Waals surface area contributed by atoms with E-state index in [1.165, 1.54) is 14.0 Å². The van der Waals surface area contributed by atoms with Gasteiger partial charge in [-0.2, -0.15) is 0 Å².